The van der Waals surface area contributed by atoms with Crippen LogP contribution in [0.2, 0.25) is 0 Å². The highest BCUT2D eigenvalue weighted by molar-refractivity contribution is 5.78. The SMILES string of the molecule is C=CC(=O)O.CCCCCC. The lowest BCUT2D eigenvalue weighted by Gasteiger charge is -1.86. The molecule has 0 unspecified atom stereocenters. The van der Waals surface area contributed by atoms with E-state index in [1.54, 1.807) is 0 Å². The van der Waals surface area contributed by atoms with Crippen molar-refractivity contribution >= 4 is 5.97 Å². The van der Waals surface area contributed by atoms with E-state index in [-0.39, 0.29) is 0 Å². The molecule has 0 aromatic heterocycles. The first-order valence-electron chi connectivity index (χ1n) is 4.04. The summed E-state index contributed by atoms with van der Waals surface area (Å²) < 4.78 is 0. The fourth-order valence-corrected chi connectivity index (χ4v) is 0.500. The maximum Gasteiger partial charge on any atom is 0.327 e. The van der Waals surface area contributed by atoms with Crippen molar-refractivity contribution in [1.29, 1.82) is 0 Å². The molecule has 0 amide bonds. The number of rotatable bonds is 4. The van der Waals surface area contributed by atoms with Crippen LogP contribution in [0.5, 0.6) is 0 Å². The van der Waals surface area contributed by atoms with Crippen molar-refractivity contribution in [3.05, 3.63) is 12.7 Å². The number of hydrogen-bond donors (Lipinski definition) is 1. The van der Waals surface area contributed by atoms with Gasteiger partial charge in [-0.25, -0.2) is 4.79 Å². The van der Waals surface area contributed by atoms with E-state index in [1.807, 2.05) is 0 Å². The molecule has 0 aliphatic carbocycles. The van der Waals surface area contributed by atoms with Gasteiger partial charge in [0.25, 0.3) is 0 Å². The topological polar surface area (TPSA) is 37.3 Å². The minimum absolute atomic E-state index is 0.833. The van der Waals surface area contributed by atoms with Crippen molar-refractivity contribution < 1.29 is 9.90 Å². The zero-order chi connectivity index (χ0) is 9.11. The van der Waals surface area contributed by atoms with Gasteiger partial charge in [-0.2, -0.15) is 0 Å². The number of unbranched alkanes of at least 4 members (excludes halogenated alkanes) is 3. The van der Waals surface area contributed by atoms with Crippen LogP contribution in [0, 0.1) is 0 Å². The predicted octanol–water partition coefficient (Wildman–Crippen LogP) is 2.84. The van der Waals surface area contributed by atoms with E-state index in [0.717, 1.165) is 6.08 Å². The molecule has 0 saturated carbocycles. The van der Waals surface area contributed by atoms with Gasteiger partial charge in [-0.3, -0.25) is 0 Å². The lowest BCUT2D eigenvalue weighted by atomic mass is 10.2. The van der Waals surface area contributed by atoms with Crippen LogP contribution in [0.4, 0.5) is 0 Å². The second kappa shape index (κ2) is 11.9. The summed E-state index contributed by atoms with van der Waals surface area (Å²) in [6.07, 6.45) is 6.37. The second-order valence-electron chi connectivity index (χ2n) is 2.25. The Morgan fingerprint density at radius 1 is 1.36 bits per heavy atom. The van der Waals surface area contributed by atoms with E-state index in [2.05, 4.69) is 20.4 Å². The molecule has 0 saturated heterocycles. The largest absolute Gasteiger partial charge is 0.478 e. The number of carboxylic acids is 1. The first-order chi connectivity index (χ1) is 5.18. The minimum atomic E-state index is -0.981. The number of aliphatic carboxylic acids is 1. The summed E-state index contributed by atoms with van der Waals surface area (Å²) in [4.78, 5) is 9.25. The van der Waals surface area contributed by atoms with Crippen LogP contribution in [0.3, 0.4) is 0 Å². The van der Waals surface area contributed by atoms with Crippen LogP contribution in [0.25, 0.3) is 0 Å². The van der Waals surface area contributed by atoms with E-state index in [0.29, 0.717) is 0 Å². The van der Waals surface area contributed by atoms with Crippen LogP contribution in [-0.2, 0) is 4.79 Å². The Hall–Kier alpha value is -0.790. The van der Waals surface area contributed by atoms with Gasteiger partial charge in [-0.1, -0.05) is 46.1 Å². The zero-order valence-corrected chi connectivity index (χ0v) is 7.47. The summed E-state index contributed by atoms with van der Waals surface area (Å²) in [6, 6.07) is 0. The predicted molar refractivity (Wildman–Crippen MR) is 47.6 cm³/mol. The summed E-state index contributed by atoms with van der Waals surface area (Å²) in [7, 11) is 0. The third kappa shape index (κ3) is 27.0. The molecule has 0 aliphatic rings. The molecule has 0 atom stereocenters. The van der Waals surface area contributed by atoms with Crippen molar-refractivity contribution in [3.8, 4) is 0 Å². The van der Waals surface area contributed by atoms with E-state index < -0.39 is 5.97 Å². The number of carboxylic acid groups (broad SMARTS) is 1. The molecule has 2 nitrogen and oxygen atoms in total. The third-order valence-electron chi connectivity index (χ3n) is 1.13. The molecular weight excluding hydrogens is 140 g/mol. The highest BCUT2D eigenvalue weighted by Gasteiger charge is 1.75. The molecule has 0 bridgehead atoms. The summed E-state index contributed by atoms with van der Waals surface area (Å²) in [5.41, 5.74) is 0. The molecular formula is C9H18O2. The van der Waals surface area contributed by atoms with Gasteiger partial charge in [0.2, 0.25) is 0 Å². The molecule has 0 fully saturated rings. The van der Waals surface area contributed by atoms with Gasteiger partial charge in [0, 0.05) is 6.08 Å². The molecule has 2 heteroatoms. The Morgan fingerprint density at radius 2 is 1.64 bits per heavy atom. The third-order valence-corrected chi connectivity index (χ3v) is 1.13. The molecule has 0 radical (unpaired) electrons. The lowest BCUT2D eigenvalue weighted by molar-refractivity contribution is -0.131. The summed E-state index contributed by atoms with van der Waals surface area (Å²) in [5.74, 6) is -0.981. The molecule has 0 spiro atoms. The maximum absolute atomic E-state index is 9.25. The average Bonchev–Trinajstić information content (AvgIpc) is 2.02. The standard InChI is InChI=1S/C6H14.C3H4O2/c1-3-5-6-4-2;1-2-3(4)5/h3-6H2,1-2H3;2H,1H2,(H,4,5). The highest BCUT2D eigenvalue weighted by atomic mass is 16.4. The van der Waals surface area contributed by atoms with Crippen LogP contribution in [0.1, 0.15) is 39.5 Å². The first-order valence-corrected chi connectivity index (χ1v) is 4.04. The normalized spacial score (nSPS) is 7.82. The fraction of sp³-hybridized carbons (Fsp3) is 0.667. The fourth-order valence-electron chi connectivity index (χ4n) is 0.500. The Balaban J connectivity index is 0. The molecule has 11 heavy (non-hydrogen) atoms. The van der Waals surface area contributed by atoms with E-state index in [9.17, 15) is 4.79 Å². The quantitative estimate of drug-likeness (QED) is 0.504. The minimum Gasteiger partial charge on any atom is -0.478 e. The van der Waals surface area contributed by atoms with Crippen LogP contribution >= 0.6 is 0 Å². The molecule has 1 N–H and O–H groups in total. The molecule has 0 aliphatic heterocycles. The Labute approximate surface area is 68.9 Å². The summed E-state index contributed by atoms with van der Waals surface area (Å²) in [6.45, 7) is 7.42. The van der Waals surface area contributed by atoms with Crippen molar-refractivity contribution in [3.63, 3.8) is 0 Å². The molecule has 66 valence electrons. The van der Waals surface area contributed by atoms with Crippen LogP contribution in [-0.4, -0.2) is 11.1 Å². The summed E-state index contributed by atoms with van der Waals surface area (Å²) >= 11 is 0. The highest BCUT2D eigenvalue weighted by Crippen LogP contribution is 1.95. The van der Waals surface area contributed by atoms with E-state index in [4.69, 9.17) is 5.11 Å². The second-order valence-corrected chi connectivity index (χ2v) is 2.25. The zero-order valence-electron chi connectivity index (χ0n) is 7.47. The van der Waals surface area contributed by atoms with Gasteiger partial charge in [-0.05, 0) is 0 Å². The maximum atomic E-state index is 9.25. The number of carbonyl (C=O) groups is 1. The monoisotopic (exact) mass is 158 g/mol. The van der Waals surface area contributed by atoms with Gasteiger partial charge < -0.3 is 5.11 Å². The van der Waals surface area contributed by atoms with Gasteiger partial charge >= 0.3 is 5.97 Å². The van der Waals surface area contributed by atoms with Crippen LogP contribution in [0.15, 0.2) is 12.7 Å². The summed E-state index contributed by atoms with van der Waals surface area (Å²) in [5, 5.41) is 7.60. The van der Waals surface area contributed by atoms with E-state index in [1.165, 1.54) is 25.7 Å². The van der Waals surface area contributed by atoms with Gasteiger partial charge in [0.05, 0.1) is 0 Å². The lowest BCUT2D eigenvalue weighted by Crippen LogP contribution is -1.82. The van der Waals surface area contributed by atoms with Crippen molar-refractivity contribution in [1.82, 2.24) is 0 Å². The molecule has 0 aromatic rings. The van der Waals surface area contributed by atoms with Gasteiger partial charge in [0.1, 0.15) is 0 Å². The first kappa shape index (κ1) is 12.8. The smallest absolute Gasteiger partial charge is 0.327 e. The van der Waals surface area contributed by atoms with Gasteiger partial charge in [-0.15, -0.1) is 0 Å². The van der Waals surface area contributed by atoms with E-state index >= 15 is 0 Å². The van der Waals surface area contributed by atoms with Crippen molar-refractivity contribution in [2.45, 2.75) is 39.5 Å². The molecule has 0 heterocycles. The Kier molecular flexibility index (Phi) is 13.9. The van der Waals surface area contributed by atoms with Crippen LogP contribution < -0.4 is 0 Å². The Morgan fingerprint density at radius 3 is 1.73 bits per heavy atom. The molecule has 0 rings (SSSR count). The van der Waals surface area contributed by atoms with Crippen molar-refractivity contribution in [2.75, 3.05) is 0 Å². The van der Waals surface area contributed by atoms with Crippen molar-refractivity contribution in [2.24, 2.45) is 0 Å². The number of hydrogen-bond acceptors (Lipinski definition) is 1. The Bertz CT molecular complexity index is 93.7. The van der Waals surface area contributed by atoms with Gasteiger partial charge in [0.15, 0.2) is 0 Å². The average molecular weight is 158 g/mol. The molecule has 0 aromatic carbocycles.